The second-order valence-electron chi connectivity index (χ2n) is 8.29. The number of carbonyl (C=O) groups is 2. The number of anilines is 2. The normalized spacial score (nSPS) is 10.9. The van der Waals surface area contributed by atoms with Crippen molar-refractivity contribution in [1.82, 2.24) is 0 Å². The summed E-state index contributed by atoms with van der Waals surface area (Å²) in [4.78, 5) is 25.3. The summed E-state index contributed by atoms with van der Waals surface area (Å²) in [7, 11) is 0. The second kappa shape index (κ2) is 12.9. The minimum absolute atomic E-state index is 0.0527. The number of benzene rings is 3. The van der Waals surface area contributed by atoms with Gasteiger partial charge in [0.25, 0.3) is 11.8 Å². The molecule has 2 amide bonds. The summed E-state index contributed by atoms with van der Waals surface area (Å²) in [5, 5.41) is 15.3. The van der Waals surface area contributed by atoms with Crippen molar-refractivity contribution in [2.75, 3.05) is 23.8 Å². The number of nitriles is 1. The van der Waals surface area contributed by atoms with Crippen LogP contribution in [-0.2, 0) is 9.59 Å². The Bertz CT molecular complexity index is 1390. The predicted molar refractivity (Wildman–Crippen MR) is 154 cm³/mol. The molecule has 8 heteroatoms. The number of nitrogens with one attached hydrogen (secondary N) is 2. The summed E-state index contributed by atoms with van der Waals surface area (Å²) in [6.07, 6.45) is 1.50. The lowest BCUT2D eigenvalue weighted by molar-refractivity contribution is -0.118. The molecule has 0 aliphatic heterocycles. The standard InChI is InChI=1S/C29H28IN3O4/c1-5-36-26-15-21(13-22(16-31)29(35)33-24-11-7-6-9-19(24)3)14-23(30)28(26)37-17-27(34)32-25-12-8-10-18(2)20(25)4/h6-15H,5,17H2,1-4H3,(H,32,34)(H,33,35)/b22-13-. The highest BCUT2D eigenvalue weighted by Gasteiger charge is 2.16. The number of hydrogen-bond donors (Lipinski definition) is 2. The Morgan fingerprint density at radius 2 is 1.68 bits per heavy atom. The Labute approximate surface area is 230 Å². The van der Waals surface area contributed by atoms with Gasteiger partial charge in [-0.1, -0.05) is 30.3 Å². The molecule has 3 rings (SSSR count). The molecule has 0 bridgehead atoms. The first-order valence-corrected chi connectivity index (χ1v) is 12.7. The highest BCUT2D eigenvalue weighted by molar-refractivity contribution is 14.1. The minimum Gasteiger partial charge on any atom is -0.490 e. The van der Waals surface area contributed by atoms with Crippen molar-refractivity contribution in [2.45, 2.75) is 27.7 Å². The van der Waals surface area contributed by atoms with E-state index in [2.05, 4.69) is 33.2 Å². The van der Waals surface area contributed by atoms with Gasteiger partial charge in [0.15, 0.2) is 18.1 Å². The number of ether oxygens (including phenoxy) is 2. The summed E-state index contributed by atoms with van der Waals surface area (Å²) in [6.45, 7) is 7.81. The van der Waals surface area contributed by atoms with Gasteiger partial charge in [-0.2, -0.15) is 5.26 Å². The molecule has 0 aliphatic carbocycles. The lowest BCUT2D eigenvalue weighted by atomic mass is 10.1. The molecular formula is C29H28IN3O4. The number of halogens is 1. The van der Waals surface area contributed by atoms with Gasteiger partial charge in [0.2, 0.25) is 0 Å². The van der Waals surface area contributed by atoms with E-state index in [-0.39, 0.29) is 18.1 Å². The van der Waals surface area contributed by atoms with E-state index in [0.29, 0.717) is 32.9 Å². The molecule has 0 atom stereocenters. The Morgan fingerprint density at radius 1 is 0.973 bits per heavy atom. The molecule has 0 aromatic heterocycles. The van der Waals surface area contributed by atoms with E-state index in [1.165, 1.54) is 6.08 Å². The van der Waals surface area contributed by atoms with E-state index >= 15 is 0 Å². The average molecular weight is 609 g/mol. The topological polar surface area (TPSA) is 100 Å². The summed E-state index contributed by atoms with van der Waals surface area (Å²) in [5.74, 6) is 0.0270. The first-order valence-electron chi connectivity index (χ1n) is 11.7. The fraction of sp³-hybridized carbons (Fsp3) is 0.207. The van der Waals surface area contributed by atoms with Gasteiger partial charge in [-0.05, 0) is 103 Å². The Hall–Kier alpha value is -3.84. The Kier molecular flexibility index (Phi) is 9.69. The van der Waals surface area contributed by atoms with Crippen molar-refractivity contribution in [2.24, 2.45) is 0 Å². The summed E-state index contributed by atoms with van der Waals surface area (Å²) < 4.78 is 12.3. The number of nitrogens with zero attached hydrogens (tertiary/aromatic N) is 1. The highest BCUT2D eigenvalue weighted by Crippen LogP contribution is 2.35. The van der Waals surface area contributed by atoms with Gasteiger partial charge in [-0.15, -0.1) is 0 Å². The molecular weight excluding hydrogens is 581 g/mol. The molecule has 0 heterocycles. The summed E-state index contributed by atoms with van der Waals surface area (Å²) in [6, 6.07) is 18.5. The van der Waals surface area contributed by atoms with E-state index in [9.17, 15) is 14.9 Å². The first-order chi connectivity index (χ1) is 17.7. The number of rotatable bonds is 9. The molecule has 190 valence electrons. The van der Waals surface area contributed by atoms with Crippen LogP contribution < -0.4 is 20.1 Å². The molecule has 0 fully saturated rings. The average Bonchev–Trinajstić information content (AvgIpc) is 2.86. The molecule has 0 unspecified atom stereocenters. The first kappa shape index (κ1) is 27.7. The molecule has 3 aromatic rings. The Balaban J connectivity index is 1.79. The zero-order valence-corrected chi connectivity index (χ0v) is 23.3. The Morgan fingerprint density at radius 3 is 2.38 bits per heavy atom. The summed E-state index contributed by atoms with van der Waals surface area (Å²) in [5.41, 5.74) is 4.89. The zero-order valence-electron chi connectivity index (χ0n) is 21.1. The molecule has 2 N–H and O–H groups in total. The van der Waals surface area contributed by atoms with Crippen LogP contribution in [0.4, 0.5) is 11.4 Å². The van der Waals surface area contributed by atoms with Crippen LogP contribution in [0.15, 0.2) is 60.2 Å². The van der Waals surface area contributed by atoms with Crippen molar-refractivity contribution in [3.63, 3.8) is 0 Å². The van der Waals surface area contributed by atoms with E-state index in [1.807, 2.05) is 70.2 Å². The van der Waals surface area contributed by atoms with Crippen molar-refractivity contribution in [3.8, 4) is 17.6 Å². The van der Waals surface area contributed by atoms with Gasteiger partial charge < -0.3 is 20.1 Å². The van der Waals surface area contributed by atoms with E-state index in [4.69, 9.17) is 9.47 Å². The third kappa shape index (κ3) is 7.33. The van der Waals surface area contributed by atoms with Gasteiger partial charge >= 0.3 is 0 Å². The lowest BCUT2D eigenvalue weighted by Gasteiger charge is -2.15. The third-order valence-electron chi connectivity index (χ3n) is 5.63. The molecule has 0 spiro atoms. The van der Waals surface area contributed by atoms with Gasteiger partial charge in [0, 0.05) is 11.4 Å². The molecule has 37 heavy (non-hydrogen) atoms. The molecule has 3 aromatic carbocycles. The number of hydrogen-bond acceptors (Lipinski definition) is 5. The lowest BCUT2D eigenvalue weighted by Crippen LogP contribution is -2.21. The van der Waals surface area contributed by atoms with E-state index < -0.39 is 5.91 Å². The third-order valence-corrected chi connectivity index (χ3v) is 6.43. The van der Waals surface area contributed by atoms with Crippen molar-refractivity contribution in [1.29, 1.82) is 5.26 Å². The number of carbonyl (C=O) groups excluding carboxylic acids is 2. The largest absolute Gasteiger partial charge is 0.490 e. The molecule has 0 saturated heterocycles. The van der Waals surface area contributed by atoms with Crippen molar-refractivity contribution >= 4 is 51.9 Å². The second-order valence-corrected chi connectivity index (χ2v) is 9.45. The van der Waals surface area contributed by atoms with Gasteiger partial charge in [-0.25, -0.2) is 0 Å². The van der Waals surface area contributed by atoms with Crippen LogP contribution in [0.25, 0.3) is 6.08 Å². The fourth-order valence-corrected chi connectivity index (χ4v) is 4.28. The van der Waals surface area contributed by atoms with Crippen LogP contribution >= 0.6 is 22.6 Å². The maximum absolute atomic E-state index is 12.7. The van der Waals surface area contributed by atoms with E-state index in [0.717, 1.165) is 22.4 Å². The van der Waals surface area contributed by atoms with Gasteiger partial charge in [-0.3, -0.25) is 9.59 Å². The highest BCUT2D eigenvalue weighted by atomic mass is 127. The maximum atomic E-state index is 12.7. The van der Waals surface area contributed by atoms with Crippen LogP contribution in [0, 0.1) is 35.7 Å². The molecule has 7 nitrogen and oxygen atoms in total. The van der Waals surface area contributed by atoms with Gasteiger partial charge in [0.05, 0.1) is 10.2 Å². The van der Waals surface area contributed by atoms with Crippen LogP contribution in [-0.4, -0.2) is 25.0 Å². The van der Waals surface area contributed by atoms with Crippen LogP contribution in [0.3, 0.4) is 0 Å². The zero-order chi connectivity index (χ0) is 26.9. The predicted octanol–water partition coefficient (Wildman–Crippen LogP) is 6.18. The maximum Gasteiger partial charge on any atom is 0.266 e. The molecule has 0 aliphatic rings. The van der Waals surface area contributed by atoms with Crippen LogP contribution in [0.5, 0.6) is 11.5 Å². The molecule has 0 saturated carbocycles. The molecule has 0 radical (unpaired) electrons. The summed E-state index contributed by atoms with van der Waals surface area (Å²) >= 11 is 2.08. The SMILES string of the molecule is CCOc1cc(/C=C(/C#N)C(=O)Nc2ccccc2C)cc(I)c1OCC(=O)Nc1cccc(C)c1C. The number of aryl methyl sites for hydroxylation is 2. The quantitative estimate of drug-likeness (QED) is 0.172. The monoisotopic (exact) mass is 609 g/mol. The number of amides is 2. The van der Waals surface area contributed by atoms with Gasteiger partial charge in [0.1, 0.15) is 11.6 Å². The van der Waals surface area contributed by atoms with Crippen molar-refractivity contribution in [3.05, 3.63) is 86.0 Å². The number of para-hydroxylation sites is 1. The van der Waals surface area contributed by atoms with E-state index in [1.54, 1.807) is 18.2 Å². The fourth-order valence-electron chi connectivity index (χ4n) is 3.50. The minimum atomic E-state index is -0.506. The smallest absolute Gasteiger partial charge is 0.266 e. The van der Waals surface area contributed by atoms with Crippen molar-refractivity contribution < 1.29 is 19.1 Å². The van der Waals surface area contributed by atoms with Crippen LogP contribution in [0.1, 0.15) is 29.2 Å². The van der Waals surface area contributed by atoms with Crippen LogP contribution in [0.2, 0.25) is 0 Å².